The third-order valence-corrected chi connectivity index (χ3v) is 3.79. The van der Waals surface area contributed by atoms with Crippen LogP contribution in [0, 0.1) is 5.82 Å². The molecule has 2 N–H and O–H groups in total. The van der Waals surface area contributed by atoms with Gasteiger partial charge in [-0.1, -0.05) is 12.1 Å². The van der Waals surface area contributed by atoms with Gasteiger partial charge < -0.3 is 10.6 Å². The SMILES string of the molecule is CC(NC(=O)c1ccc(F)cc1)c1ccc2c(c1)CCN2. The number of fused-ring (bicyclic) bond motifs is 1. The van der Waals surface area contributed by atoms with E-state index in [1.54, 1.807) is 0 Å². The molecule has 1 aliphatic rings. The maximum atomic E-state index is 12.9. The molecule has 3 rings (SSSR count). The molecule has 0 spiro atoms. The summed E-state index contributed by atoms with van der Waals surface area (Å²) in [5.41, 5.74) is 4.00. The van der Waals surface area contributed by atoms with Crippen molar-refractivity contribution in [1.82, 2.24) is 5.32 Å². The van der Waals surface area contributed by atoms with Crippen LogP contribution in [0.3, 0.4) is 0 Å². The zero-order valence-corrected chi connectivity index (χ0v) is 11.8. The largest absolute Gasteiger partial charge is 0.384 e. The normalized spacial score (nSPS) is 14.2. The zero-order chi connectivity index (χ0) is 14.8. The predicted molar refractivity (Wildman–Crippen MR) is 80.9 cm³/mol. The lowest BCUT2D eigenvalue weighted by molar-refractivity contribution is 0.0940. The van der Waals surface area contributed by atoms with E-state index in [2.05, 4.69) is 22.8 Å². The van der Waals surface area contributed by atoms with Crippen molar-refractivity contribution in [1.29, 1.82) is 0 Å². The first-order chi connectivity index (χ1) is 10.1. The van der Waals surface area contributed by atoms with Crippen LogP contribution in [0.1, 0.15) is 34.5 Å². The van der Waals surface area contributed by atoms with E-state index in [0.29, 0.717) is 5.56 Å². The lowest BCUT2D eigenvalue weighted by atomic mass is 10.0. The first-order valence-electron chi connectivity index (χ1n) is 7.06. The number of benzene rings is 2. The summed E-state index contributed by atoms with van der Waals surface area (Å²) in [5, 5.41) is 6.26. The number of hydrogen-bond donors (Lipinski definition) is 2. The molecule has 1 heterocycles. The van der Waals surface area contributed by atoms with Gasteiger partial charge in [-0.15, -0.1) is 0 Å². The molecular formula is C17H17FN2O. The number of halogens is 1. The quantitative estimate of drug-likeness (QED) is 0.908. The Labute approximate surface area is 123 Å². The molecule has 0 aliphatic carbocycles. The molecule has 0 bridgehead atoms. The molecule has 21 heavy (non-hydrogen) atoms. The summed E-state index contributed by atoms with van der Waals surface area (Å²) < 4.78 is 12.9. The van der Waals surface area contributed by atoms with Crippen molar-refractivity contribution in [2.45, 2.75) is 19.4 Å². The van der Waals surface area contributed by atoms with Crippen molar-refractivity contribution >= 4 is 11.6 Å². The van der Waals surface area contributed by atoms with Gasteiger partial charge in [-0.25, -0.2) is 4.39 Å². The third-order valence-electron chi connectivity index (χ3n) is 3.79. The summed E-state index contributed by atoms with van der Waals surface area (Å²) in [4.78, 5) is 12.1. The summed E-state index contributed by atoms with van der Waals surface area (Å²) in [6.07, 6.45) is 1.02. The maximum absolute atomic E-state index is 12.9. The number of carbonyl (C=O) groups excluding carboxylic acids is 1. The molecule has 1 amide bonds. The van der Waals surface area contributed by atoms with Gasteiger partial charge in [-0.05, 0) is 54.8 Å². The highest BCUT2D eigenvalue weighted by atomic mass is 19.1. The van der Waals surface area contributed by atoms with Crippen LogP contribution in [-0.4, -0.2) is 12.5 Å². The summed E-state index contributed by atoms with van der Waals surface area (Å²) in [7, 11) is 0. The highest BCUT2D eigenvalue weighted by Gasteiger charge is 2.15. The molecule has 1 unspecified atom stereocenters. The zero-order valence-electron chi connectivity index (χ0n) is 11.8. The third kappa shape index (κ3) is 2.89. The summed E-state index contributed by atoms with van der Waals surface area (Å²) in [5.74, 6) is -0.535. The Bertz CT molecular complexity index is 667. The minimum atomic E-state index is -0.342. The molecule has 3 nitrogen and oxygen atoms in total. The first kappa shape index (κ1) is 13.6. The molecule has 0 radical (unpaired) electrons. The number of amides is 1. The van der Waals surface area contributed by atoms with Crippen molar-refractivity contribution in [3.8, 4) is 0 Å². The smallest absolute Gasteiger partial charge is 0.251 e. The highest BCUT2D eigenvalue weighted by Crippen LogP contribution is 2.25. The van der Waals surface area contributed by atoms with Gasteiger partial charge in [0.05, 0.1) is 6.04 Å². The molecule has 108 valence electrons. The molecular weight excluding hydrogens is 267 g/mol. The molecule has 2 aromatic carbocycles. The van der Waals surface area contributed by atoms with E-state index >= 15 is 0 Å². The number of carbonyl (C=O) groups is 1. The summed E-state index contributed by atoms with van der Waals surface area (Å²) >= 11 is 0. The lowest BCUT2D eigenvalue weighted by Crippen LogP contribution is -2.26. The van der Waals surface area contributed by atoms with E-state index in [0.717, 1.165) is 18.5 Å². The Hall–Kier alpha value is -2.36. The van der Waals surface area contributed by atoms with E-state index in [-0.39, 0.29) is 17.8 Å². The van der Waals surface area contributed by atoms with Crippen molar-refractivity contribution in [3.05, 3.63) is 65.0 Å². The van der Waals surface area contributed by atoms with Crippen LogP contribution in [0.25, 0.3) is 0 Å². The Balaban J connectivity index is 1.72. The molecule has 1 aliphatic heterocycles. The second-order valence-electron chi connectivity index (χ2n) is 5.30. The molecule has 1 atom stereocenters. The lowest BCUT2D eigenvalue weighted by Gasteiger charge is -2.15. The van der Waals surface area contributed by atoms with Crippen LogP contribution >= 0.6 is 0 Å². The number of rotatable bonds is 3. The fourth-order valence-electron chi connectivity index (χ4n) is 2.56. The Kier molecular flexibility index (Phi) is 3.60. The first-order valence-corrected chi connectivity index (χ1v) is 7.06. The maximum Gasteiger partial charge on any atom is 0.251 e. The van der Waals surface area contributed by atoms with Crippen LogP contribution in [0.2, 0.25) is 0 Å². The Morgan fingerprint density at radius 2 is 2.00 bits per heavy atom. The van der Waals surface area contributed by atoms with Crippen molar-refractivity contribution in [3.63, 3.8) is 0 Å². The van der Waals surface area contributed by atoms with Crippen LogP contribution in [-0.2, 0) is 6.42 Å². The van der Waals surface area contributed by atoms with Gasteiger partial charge in [0.25, 0.3) is 5.91 Å². The topological polar surface area (TPSA) is 41.1 Å². The van der Waals surface area contributed by atoms with Gasteiger partial charge in [-0.2, -0.15) is 0 Å². The van der Waals surface area contributed by atoms with Crippen LogP contribution in [0.15, 0.2) is 42.5 Å². The molecule has 0 saturated heterocycles. The van der Waals surface area contributed by atoms with Gasteiger partial charge in [0.15, 0.2) is 0 Å². The van der Waals surface area contributed by atoms with E-state index in [9.17, 15) is 9.18 Å². The molecule has 2 aromatic rings. The van der Waals surface area contributed by atoms with Gasteiger partial charge in [0.2, 0.25) is 0 Å². The van der Waals surface area contributed by atoms with Crippen molar-refractivity contribution in [2.24, 2.45) is 0 Å². The minimum absolute atomic E-state index is 0.0894. The average Bonchev–Trinajstić information content (AvgIpc) is 2.95. The molecule has 0 aromatic heterocycles. The standard InChI is InChI=1S/C17H17FN2O/c1-11(13-4-7-16-14(10-13)8-9-19-16)20-17(21)12-2-5-15(18)6-3-12/h2-7,10-11,19H,8-9H2,1H3,(H,20,21). The second-order valence-corrected chi connectivity index (χ2v) is 5.30. The molecule has 0 saturated carbocycles. The molecule has 0 fully saturated rings. The van der Waals surface area contributed by atoms with Crippen LogP contribution < -0.4 is 10.6 Å². The second kappa shape index (κ2) is 5.56. The monoisotopic (exact) mass is 284 g/mol. The summed E-state index contributed by atoms with van der Waals surface area (Å²) in [6.45, 7) is 2.92. The van der Waals surface area contributed by atoms with Crippen LogP contribution in [0.4, 0.5) is 10.1 Å². The van der Waals surface area contributed by atoms with Gasteiger partial charge in [0.1, 0.15) is 5.82 Å². The van der Waals surface area contributed by atoms with E-state index < -0.39 is 0 Å². The van der Waals surface area contributed by atoms with E-state index in [1.165, 1.54) is 35.5 Å². The van der Waals surface area contributed by atoms with Gasteiger partial charge in [-0.3, -0.25) is 4.79 Å². The number of nitrogens with one attached hydrogen (secondary N) is 2. The Morgan fingerprint density at radius 3 is 2.76 bits per heavy atom. The predicted octanol–water partition coefficient (Wildman–Crippen LogP) is 3.28. The number of hydrogen-bond acceptors (Lipinski definition) is 2. The van der Waals surface area contributed by atoms with Crippen molar-refractivity contribution in [2.75, 3.05) is 11.9 Å². The van der Waals surface area contributed by atoms with Crippen molar-refractivity contribution < 1.29 is 9.18 Å². The van der Waals surface area contributed by atoms with E-state index in [1.807, 2.05) is 13.0 Å². The summed E-state index contributed by atoms with van der Waals surface area (Å²) in [6, 6.07) is 11.7. The average molecular weight is 284 g/mol. The van der Waals surface area contributed by atoms with E-state index in [4.69, 9.17) is 0 Å². The fourth-order valence-corrected chi connectivity index (χ4v) is 2.56. The van der Waals surface area contributed by atoms with Gasteiger partial charge >= 0.3 is 0 Å². The fraction of sp³-hybridized carbons (Fsp3) is 0.235. The van der Waals surface area contributed by atoms with Gasteiger partial charge in [0, 0.05) is 17.8 Å². The van der Waals surface area contributed by atoms with Crippen LogP contribution in [0.5, 0.6) is 0 Å². The highest BCUT2D eigenvalue weighted by molar-refractivity contribution is 5.94. The number of anilines is 1. The minimum Gasteiger partial charge on any atom is -0.384 e. The molecule has 4 heteroatoms. The Morgan fingerprint density at radius 1 is 1.24 bits per heavy atom.